The summed E-state index contributed by atoms with van der Waals surface area (Å²) in [5.74, 6) is 1.76. The number of aryl methyl sites for hydroxylation is 1. The number of hydrogen-bond donors (Lipinski definition) is 0. The van der Waals surface area contributed by atoms with Crippen LogP contribution in [-0.2, 0) is 13.1 Å². The van der Waals surface area contributed by atoms with E-state index in [4.69, 9.17) is 4.98 Å². The first-order chi connectivity index (χ1) is 15.3. The Morgan fingerprint density at radius 3 is 2.58 bits per heavy atom. The highest BCUT2D eigenvalue weighted by molar-refractivity contribution is 7.99. The summed E-state index contributed by atoms with van der Waals surface area (Å²) < 4.78 is 4.12. The molecule has 7 heteroatoms. The molecule has 5 aromatic rings. The fourth-order valence-corrected chi connectivity index (χ4v) is 4.59. The number of benzene rings is 2. The molecule has 0 saturated carbocycles. The highest BCUT2D eigenvalue weighted by atomic mass is 32.2. The number of nitrogens with zero attached hydrogens (tertiary/aromatic N) is 6. The van der Waals surface area contributed by atoms with Crippen LogP contribution < -0.4 is 0 Å². The molecule has 0 unspecified atom stereocenters. The topological polar surface area (TPSA) is 61.4 Å². The van der Waals surface area contributed by atoms with E-state index in [0.717, 1.165) is 57.5 Å². The summed E-state index contributed by atoms with van der Waals surface area (Å²) in [6, 6.07) is 22.6. The number of hydrogen-bond acceptors (Lipinski definition) is 5. The van der Waals surface area contributed by atoms with Crippen LogP contribution >= 0.6 is 11.8 Å². The van der Waals surface area contributed by atoms with E-state index in [-0.39, 0.29) is 0 Å². The summed E-state index contributed by atoms with van der Waals surface area (Å²) in [7, 11) is 0. The lowest BCUT2D eigenvalue weighted by Crippen LogP contribution is -2.04. The molecular formula is C24H22N6S. The van der Waals surface area contributed by atoms with Gasteiger partial charge in [0, 0.05) is 41.2 Å². The lowest BCUT2D eigenvalue weighted by atomic mass is 10.0. The van der Waals surface area contributed by atoms with Crippen LogP contribution in [0.25, 0.3) is 33.5 Å². The van der Waals surface area contributed by atoms with Gasteiger partial charge in [-0.1, -0.05) is 60.3 Å². The summed E-state index contributed by atoms with van der Waals surface area (Å²) in [5, 5.41) is 15.4. The van der Waals surface area contributed by atoms with Crippen LogP contribution in [0.3, 0.4) is 0 Å². The van der Waals surface area contributed by atoms with Crippen molar-refractivity contribution in [3.8, 4) is 22.6 Å². The molecule has 3 heterocycles. The minimum atomic E-state index is 0.795. The minimum Gasteiger partial charge on any atom is -0.302 e. The lowest BCUT2D eigenvalue weighted by Gasteiger charge is -2.12. The van der Waals surface area contributed by atoms with Crippen molar-refractivity contribution in [3.63, 3.8) is 0 Å². The van der Waals surface area contributed by atoms with E-state index in [0.29, 0.717) is 0 Å². The number of pyridine rings is 1. The van der Waals surface area contributed by atoms with E-state index in [1.807, 2.05) is 47.3 Å². The Balaban J connectivity index is 1.54. The van der Waals surface area contributed by atoms with Crippen LogP contribution in [0.15, 0.2) is 84.3 Å². The van der Waals surface area contributed by atoms with Gasteiger partial charge in [-0.15, -0.1) is 10.2 Å². The van der Waals surface area contributed by atoms with Crippen molar-refractivity contribution >= 4 is 22.7 Å². The zero-order chi connectivity index (χ0) is 21.0. The highest BCUT2D eigenvalue weighted by Crippen LogP contribution is 2.32. The summed E-state index contributed by atoms with van der Waals surface area (Å²) in [6.45, 7) is 3.76. The average molecular weight is 427 g/mol. The van der Waals surface area contributed by atoms with Gasteiger partial charge in [0.1, 0.15) is 0 Å². The zero-order valence-corrected chi connectivity index (χ0v) is 18.0. The van der Waals surface area contributed by atoms with Gasteiger partial charge in [0.15, 0.2) is 11.0 Å². The monoisotopic (exact) mass is 426 g/mol. The Kier molecular flexibility index (Phi) is 5.50. The third kappa shape index (κ3) is 3.96. The van der Waals surface area contributed by atoms with E-state index in [1.165, 1.54) is 0 Å². The molecule has 2 aromatic carbocycles. The summed E-state index contributed by atoms with van der Waals surface area (Å²) in [4.78, 5) is 4.90. The van der Waals surface area contributed by atoms with E-state index < -0.39 is 0 Å². The van der Waals surface area contributed by atoms with Crippen LogP contribution in [0.1, 0.15) is 6.92 Å². The summed E-state index contributed by atoms with van der Waals surface area (Å²) in [6.07, 6.45) is 3.78. The average Bonchev–Trinajstić information content (AvgIpc) is 3.49. The van der Waals surface area contributed by atoms with E-state index in [9.17, 15) is 0 Å². The van der Waals surface area contributed by atoms with E-state index >= 15 is 0 Å². The molecule has 0 bridgehead atoms. The molecule has 5 rings (SSSR count). The maximum atomic E-state index is 4.90. The molecule has 0 saturated heterocycles. The molecule has 6 nitrogen and oxygen atoms in total. The molecule has 0 aliphatic rings. The molecule has 0 N–H and O–H groups in total. The molecule has 154 valence electrons. The second-order valence-electron chi connectivity index (χ2n) is 7.11. The van der Waals surface area contributed by atoms with Gasteiger partial charge in [-0.05, 0) is 25.1 Å². The second-order valence-corrected chi connectivity index (χ2v) is 8.17. The Morgan fingerprint density at radius 2 is 1.77 bits per heavy atom. The van der Waals surface area contributed by atoms with Gasteiger partial charge in [-0.3, -0.25) is 4.68 Å². The van der Waals surface area contributed by atoms with Crippen LogP contribution in [0.2, 0.25) is 0 Å². The predicted molar refractivity (Wildman–Crippen MR) is 125 cm³/mol. The molecule has 0 atom stereocenters. The van der Waals surface area contributed by atoms with Crippen molar-refractivity contribution in [2.24, 2.45) is 0 Å². The number of thioether (sulfide) groups is 1. The summed E-state index contributed by atoms with van der Waals surface area (Å²) in [5.41, 5.74) is 4.04. The fourth-order valence-electron chi connectivity index (χ4n) is 3.66. The van der Waals surface area contributed by atoms with Crippen LogP contribution in [0.4, 0.5) is 0 Å². The third-order valence-electron chi connectivity index (χ3n) is 5.17. The highest BCUT2D eigenvalue weighted by Gasteiger charge is 2.17. The van der Waals surface area contributed by atoms with Crippen LogP contribution in [0, 0.1) is 0 Å². The molecule has 0 radical (unpaired) electrons. The van der Waals surface area contributed by atoms with E-state index in [1.54, 1.807) is 18.0 Å². The third-order valence-corrected chi connectivity index (χ3v) is 6.12. The van der Waals surface area contributed by atoms with Gasteiger partial charge >= 0.3 is 0 Å². The standard InChI is InChI=1S/C24H22N6S/c1-2-30-23(27-28-24(30)31-16-15-29-14-8-13-25-29)20-17-22(18-9-4-3-5-10-18)26-21-12-7-6-11-19(20)21/h3-14,17H,2,15-16H2,1H3. The zero-order valence-electron chi connectivity index (χ0n) is 17.2. The van der Waals surface area contributed by atoms with Gasteiger partial charge in [-0.2, -0.15) is 5.10 Å². The molecule has 0 amide bonds. The van der Waals surface area contributed by atoms with Crippen molar-refractivity contribution < 1.29 is 0 Å². The maximum absolute atomic E-state index is 4.90. The number of aromatic nitrogens is 6. The Hall–Kier alpha value is -3.45. The molecular weight excluding hydrogens is 404 g/mol. The van der Waals surface area contributed by atoms with Crippen molar-refractivity contribution in [1.29, 1.82) is 0 Å². The van der Waals surface area contributed by atoms with Crippen LogP contribution in [0.5, 0.6) is 0 Å². The van der Waals surface area contributed by atoms with Crippen molar-refractivity contribution in [1.82, 2.24) is 29.5 Å². The van der Waals surface area contributed by atoms with Gasteiger partial charge in [0.05, 0.1) is 17.8 Å². The minimum absolute atomic E-state index is 0.795. The molecule has 3 aromatic heterocycles. The molecule has 0 fully saturated rings. The van der Waals surface area contributed by atoms with Crippen LogP contribution in [-0.4, -0.2) is 35.3 Å². The van der Waals surface area contributed by atoms with Crippen molar-refractivity contribution in [2.75, 3.05) is 5.75 Å². The lowest BCUT2D eigenvalue weighted by molar-refractivity contribution is 0.659. The smallest absolute Gasteiger partial charge is 0.191 e. The first-order valence-corrected chi connectivity index (χ1v) is 11.3. The van der Waals surface area contributed by atoms with Crippen molar-refractivity contribution in [3.05, 3.63) is 79.1 Å². The first-order valence-electron chi connectivity index (χ1n) is 10.3. The first kappa shape index (κ1) is 19.5. The van der Waals surface area contributed by atoms with Gasteiger partial charge in [0.2, 0.25) is 0 Å². The molecule has 0 aliphatic carbocycles. The molecule has 0 aliphatic heterocycles. The van der Waals surface area contributed by atoms with Gasteiger partial charge < -0.3 is 4.57 Å². The van der Waals surface area contributed by atoms with Gasteiger partial charge in [-0.25, -0.2) is 4.98 Å². The molecule has 31 heavy (non-hydrogen) atoms. The van der Waals surface area contributed by atoms with Gasteiger partial charge in [0.25, 0.3) is 0 Å². The fraction of sp³-hybridized carbons (Fsp3) is 0.167. The molecule has 0 spiro atoms. The van der Waals surface area contributed by atoms with Crippen molar-refractivity contribution in [2.45, 2.75) is 25.2 Å². The Bertz CT molecular complexity index is 1290. The quantitative estimate of drug-likeness (QED) is 0.336. The van der Waals surface area contributed by atoms with E-state index in [2.05, 4.69) is 57.1 Å². The Morgan fingerprint density at radius 1 is 0.935 bits per heavy atom. The number of para-hydroxylation sites is 1. The SMILES string of the molecule is CCn1c(SCCn2cccn2)nnc1-c1cc(-c2ccccc2)nc2ccccc12. The maximum Gasteiger partial charge on any atom is 0.191 e. The normalized spacial score (nSPS) is 11.3. The predicted octanol–water partition coefficient (Wildman–Crippen LogP) is 5.17. The Labute approximate surface area is 185 Å². The largest absolute Gasteiger partial charge is 0.302 e. The second kappa shape index (κ2) is 8.73. The number of rotatable bonds is 7. The number of fused-ring (bicyclic) bond motifs is 1. The summed E-state index contributed by atoms with van der Waals surface area (Å²) >= 11 is 1.70.